The van der Waals surface area contributed by atoms with Crippen LogP contribution < -0.4 is 5.32 Å². The predicted molar refractivity (Wildman–Crippen MR) is 118 cm³/mol. The van der Waals surface area contributed by atoms with Crippen molar-refractivity contribution in [2.45, 2.75) is 51.1 Å². The lowest BCUT2D eigenvalue weighted by Gasteiger charge is -2.45. The largest absolute Gasteiger partial charge is 0.352 e. The van der Waals surface area contributed by atoms with E-state index < -0.39 is 11.7 Å². The number of nitrogens with one attached hydrogen (secondary N) is 1. The molecule has 1 amide bonds. The van der Waals surface area contributed by atoms with E-state index in [0.717, 1.165) is 49.7 Å². The van der Waals surface area contributed by atoms with E-state index in [0.29, 0.717) is 13.1 Å². The minimum Gasteiger partial charge on any atom is -0.352 e. The molecule has 3 aromatic rings. The van der Waals surface area contributed by atoms with Crippen molar-refractivity contribution in [1.29, 1.82) is 0 Å². The average molecular weight is 433 g/mol. The second kappa shape index (κ2) is 8.80. The third-order valence-electron chi connectivity index (χ3n) is 6.34. The SMILES string of the molecule is Cc1cnc(CNC(=O)C2Cn3ccnc3C3(CCN(Cc4ccccc4)CC3)O2)cn1. The summed E-state index contributed by atoms with van der Waals surface area (Å²) < 4.78 is 8.59. The Balaban J connectivity index is 1.25. The van der Waals surface area contributed by atoms with Gasteiger partial charge in [0, 0.05) is 38.2 Å². The number of ether oxygens (including phenoxy) is 1. The first kappa shape index (κ1) is 20.8. The molecule has 1 N–H and O–H groups in total. The molecule has 1 fully saturated rings. The van der Waals surface area contributed by atoms with Gasteiger partial charge in [0.15, 0.2) is 6.10 Å². The third-order valence-corrected chi connectivity index (χ3v) is 6.34. The number of amides is 1. The summed E-state index contributed by atoms with van der Waals surface area (Å²) in [6.07, 6.45) is 8.20. The standard InChI is InChI=1S/C24H28N6O2/c1-18-13-27-20(14-26-18)15-28-22(31)21-17-30-12-9-25-23(30)24(32-21)7-10-29(11-8-24)16-19-5-3-2-4-6-19/h2-6,9,12-14,21H,7-8,10-11,15-17H2,1H3,(H,28,31). The summed E-state index contributed by atoms with van der Waals surface area (Å²) in [7, 11) is 0. The number of carbonyl (C=O) groups excluding carboxylic acids is 1. The summed E-state index contributed by atoms with van der Waals surface area (Å²) in [6, 6.07) is 10.5. The normalized spacial score (nSPS) is 20.1. The molecule has 1 atom stereocenters. The molecule has 4 heterocycles. The minimum atomic E-state index is -0.559. The number of hydrogen-bond acceptors (Lipinski definition) is 6. The molecule has 1 aromatic carbocycles. The zero-order valence-corrected chi connectivity index (χ0v) is 18.3. The van der Waals surface area contributed by atoms with Crippen molar-refractivity contribution < 1.29 is 9.53 Å². The zero-order chi connectivity index (χ0) is 22.0. The molecule has 0 aliphatic carbocycles. The van der Waals surface area contributed by atoms with Gasteiger partial charge in [-0.2, -0.15) is 0 Å². The Labute approximate surface area is 187 Å². The van der Waals surface area contributed by atoms with Crippen molar-refractivity contribution in [3.05, 3.63) is 77.9 Å². The summed E-state index contributed by atoms with van der Waals surface area (Å²) in [4.78, 5) is 28.6. The van der Waals surface area contributed by atoms with Crippen LogP contribution in [0.25, 0.3) is 0 Å². The van der Waals surface area contributed by atoms with Crippen LogP contribution in [0.3, 0.4) is 0 Å². The van der Waals surface area contributed by atoms with Gasteiger partial charge in [0.1, 0.15) is 11.4 Å². The molecule has 1 spiro atoms. The van der Waals surface area contributed by atoms with Gasteiger partial charge in [0.25, 0.3) is 5.91 Å². The van der Waals surface area contributed by atoms with E-state index in [9.17, 15) is 4.79 Å². The molecule has 32 heavy (non-hydrogen) atoms. The van der Waals surface area contributed by atoms with Crippen LogP contribution in [-0.2, 0) is 34.8 Å². The fraction of sp³-hybridized carbons (Fsp3) is 0.417. The Morgan fingerprint density at radius 3 is 2.72 bits per heavy atom. The number of imidazole rings is 1. The van der Waals surface area contributed by atoms with Crippen LogP contribution in [0.4, 0.5) is 0 Å². The number of nitrogens with zero attached hydrogens (tertiary/aromatic N) is 5. The summed E-state index contributed by atoms with van der Waals surface area (Å²) >= 11 is 0. The lowest BCUT2D eigenvalue weighted by atomic mass is 9.88. The first-order valence-electron chi connectivity index (χ1n) is 11.1. The number of aryl methyl sites for hydroxylation is 1. The molecule has 1 saturated heterocycles. The molecule has 0 bridgehead atoms. The molecule has 0 radical (unpaired) electrons. The molecule has 8 nitrogen and oxygen atoms in total. The van der Waals surface area contributed by atoms with Crippen LogP contribution in [-0.4, -0.2) is 49.5 Å². The second-order valence-electron chi connectivity index (χ2n) is 8.63. The van der Waals surface area contributed by atoms with Gasteiger partial charge < -0.3 is 14.6 Å². The molecule has 2 aromatic heterocycles. The Morgan fingerprint density at radius 2 is 1.97 bits per heavy atom. The van der Waals surface area contributed by atoms with Crippen LogP contribution in [0, 0.1) is 6.92 Å². The number of piperidine rings is 1. The summed E-state index contributed by atoms with van der Waals surface area (Å²) in [5, 5.41) is 2.96. The lowest BCUT2D eigenvalue weighted by molar-refractivity contribution is -0.174. The maximum absolute atomic E-state index is 13.0. The Morgan fingerprint density at radius 1 is 1.16 bits per heavy atom. The van der Waals surface area contributed by atoms with E-state index in [1.807, 2.05) is 19.2 Å². The Kier molecular flexibility index (Phi) is 5.71. The third kappa shape index (κ3) is 4.28. The number of fused-ring (bicyclic) bond motifs is 2. The van der Waals surface area contributed by atoms with E-state index in [-0.39, 0.29) is 5.91 Å². The van der Waals surface area contributed by atoms with Crippen molar-refractivity contribution >= 4 is 5.91 Å². The number of hydrogen-bond donors (Lipinski definition) is 1. The van der Waals surface area contributed by atoms with Crippen molar-refractivity contribution in [3.63, 3.8) is 0 Å². The van der Waals surface area contributed by atoms with Crippen LogP contribution in [0.5, 0.6) is 0 Å². The van der Waals surface area contributed by atoms with Gasteiger partial charge in [0.05, 0.1) is 30.7 Å². The second-order valence-corrected chi connectivity index (χ2v) is 8.63. The quantitative estimate of drug-likeness (QED) is 0.665. The highest BCUT2D eigenvalue weighted by Crippen LogP contribution is 2.40. The molecule has 8 heteroatoms. The highest BCUT2D eigenvalue weighted by molar-refractivity contribution is 5.80. The van der Waals surface area contributed by atoms with Gasteiger partial charge in [0.2, 0.25) is 0 Å². The van der Waals surface area contributed by atoms with Crippen molar-refractivity contribution in [2.24, 2.45) is 0 Å². The molecule has 2 aliphatic rings. The number of carbonyl (C=O) groups is 1. The predicted octanol–water partition coefficient (Wildman–Crippen LogP) is 2.19. The number of likely N-dealkylation sites (tertiary alicyclic amines) is 1. The number of aromatic nitrogens is 4. The maximum Gasteiger partial charge on any atom is 0.251 e. The summed E-state index contributed by atoms with van der Waals surface area (Å²) in [5.74, 6) is 0.808. The average Bonchev–Trinajstić information content (AvgIpc) is 3.31. The first-order valence-corrected chi connectivity index (χ1v) is 11.1. The fourth-order valence-electron chi connectivity index (χ4n) is 4.59. The van der Waals surface area contributed by atoms with Crippen LogP contribution in [0.15, 0.2) is 55.1 Å². The topological polar surface area (TPSA) is 85.2 Å². The molecule has 5 rings (SSSR count). The molecular weight excluding hydrogens is 404 g/mol. The molecule has 2 aliphatic heterocycles. The summed E-state index contributed by atoms with van der Waals surface area (Å²) in [6.45, 7) is 5.41. The van der Waals surface area contributed by atoms with E-state index in [1.54, 1.807) is 18.6 Å². The fourth-order valence-corrected chi connectivity index (χ4v) is 4.59. The van der Waals surface area contributed by atoms with Gasteiger partial charge in [-0.25, -0.2) is 4.98 Å². The van der Waals surface area contributed by atoms with Crippen LogP contribution in [0.2, 0.25) is 0 Å². The van der Waals surface area contributed by atoms with Gasteiger partial charge in [-0.3, -0.25) is 19.7 Å². The Bertz CT molecular complexity index is 1060. The van der Waals surface area contributed by atoms with E-state index in [4.69, 9.17) is 4.74 Å². The van der Waals surface area contributed by atoms with E-state index in [2.05, 4.69) is 54.0 Å². The van der Waals surface area contributed by atoms with Crippen molar-refractivity contribution in [3.8, 4) is 0 Å². The molecular formula is C24H28N6O2. The highest BCUT2D eigenvalue weighted by atomic mass is 16.5. The lowest BCUT2D eigenvalue weighted by Crippen LogP contribution is -2.53. The maximum atomic E-state index is 13.0. The number of rotatable bonds is 5. The molecule has 1 unspecified atom stereocenters. The van der Waals surface area contributed by atoms with Crippen molar-refractivity contribution in [2.75, 3.05) is 13.1 Å². The summed E-state index contributed by atoms with van der Waals surface area (Å²) in [5.41, 5.74) is 2.36. The van der Waals surface area contributed by atoms with Gasteiger partial charge in [-0.1, -0.05) is 30.3 Å². The van der Waals surface area contributed by atoms with E-state index in [1.165, 1.54) is 5.56 Å². The van der Waals surface area contributed by atoms with Gasteiger partial charge in [-0.15, -0.1) is 0 Å². The molecule has 0 saturated carbocycles. The smallest absolute Gasteiger partial charge is 0.251 e. The zero-order valence-electron chi connectivity index (χ0n) is 18.3. The highest BCUT2D eigenvalue weighted by Gasteiger charge is 2.47. The van der Waals surface area contributed by atoms with Gasteiger partial charge in [-0.05, 0) is 25.3 Å². The first-order chi connectivity index (χ1) is 15.6. The van der Waals surface area contributed by atoms with Gasteiger partial charge >= 0.3 is 0 Å². The molecule has 166 valence electrons. The minimum absolute atomic E-state index is 0.127. The van der Waals surface area contributed by atoms with Crippen LogP contribution >= 0.6 is 0 Å². The Hall–Kier alpha value is -3.10. The van der Waals surface area contributed by atoms with E-state index >= 15 is 0 Å². The van der Waals surface area contributed by atoms with Crippen molar-refractivity contribution in [1.82, 2.24) is 29.7 Å². The number of benzene rings is 1. The van der Waals surface area contributed by atoms with Crippen LogP contribution in [0.1, 0.15) is 35.6 Å². The monoisotopic (exact) mass is 432 g/mol.